The summed E-state index contributed by atoms with van der Waals surface area (Å²) in [5.41, 5.74) is 24.0. The number of azide groups is 2. The molecule has 0 saturated carbocycles. The molecule has 37 heteroatoms. The number of Topliss-reactive ketones (excluding diaryl/α,β-unsaturated/α-hetero) is 2. The molecule has 2 heterocycles. The summed E-state index contributed by atoms with van der Waals surface area (Å²) in [5.74, 6) is -1.70. The number of carbonyl (C=O) groups excluding carboxylic acids is 7. The first kappa shape index (κ1) is 111. The molecule has 0 aliphatic rings. The van der Waals surface area contributed by atoms with Crippen LogP contribution < -0.4 is 43.9 Å². The van der Waals surface area contributed by atoms with E-state index >= 15 is 0 Å². The summed E-state index contributed by atoms with van der Waals surface area (Å²) in [7, 11) is 1.31. The van der Waals surface area contributed by atoms with Gasteiger partial charge in [-0.1, -0.05) is 119 Å². The van der Waals surface area contributed by atoms with Crippen LogP contribution in [-0.2, 0) is 87.4 Å². The summed E-state index contributed by atoms with van der Waals surface area (Å²) in [5, 5.41) is 25.7. The van der Waals surface area contributed by atoms with Crippen LogP contribution in [0.3, 0.4) is 0 Å². The Labute approximate surface area is 766 Å². The molecule has 8 aromatic rings. The molecule has 6 aromatic carbocycles. The topological polar surface area (TPSA) is 448 Å². The number of carbonyl (C=O) groups is 8. The number of aryl methyl sites for hydroxylation is 3. The van der Waals surface area contributed by atoms with Crippen molar-refractivity contribution in [3.8, 4) is 33.8 Å². The maximum absolute atomic E-state index is 13.4. The molecule has 4 N–H and O–H groups in total. The van der Waals surface area contributed by atoms with Crippen LogP contribution in [0.15, 0.2) is 168 Å². The fourth-order valence-corrected chi connectivity index (χ4v) is 12.8. The molecular formula is C93H117F3LiN11O22. The molecule has 0 saturated heterocycles. The first-order valence-corrected chi connectivity index (χ1v) is 42.1. The van der Waals surface area contributed by atoms with Gasteiger partial charge in [0.25, 0.3) is 0 Å². The molecule has 0 radical (unpaired) electrons. The van der Waals surface area contributed by atoms with E-state index in [1.54, 1.807) is 39.2 Å². The number of aldehydes is 1. The van der Waals surface area contributed by atoms with Crippen molar-refractivity contribution in [2.24, 2.45) is 10.2 Å². The average molecular weight is 1800 g/mol. The van der Waals surface area contributed by atoms with E-state index in [1.165, 1.54) is 12.0 Å². The number of methoxy groups -OCH3 is 1. The molecule has 2 aromatic heterocycles. The van der Waals surface area contributed by atoms with E-state index in [1.807, 2.05) is 153 Å². The summed E-state index contributed by atoms with van der Waals surface area (Å²) in [6, 6.07) is 46.6. The number of esters is 1. The van der Waals surface area contributed by atoms with Crippen LogP contribution in [0, 0.1) is 13.8 Å². The summed E-state index contributed by atoms with van der Waals surface area (Å²) < 4.78 is 97.9. The van der Waals surface area contributed by atoms with Gasteiger partial charge in [0.2, 0.25) is 18.1 Å². The number of aromatic nitrogens is 2. The van der Waals surface area contributed by atoms with Crippen molar-refractivity contribution in [1.82, 2.24) is 20.6 Å². The fraction of sp³-hybridized carbons (Fsp3) is 0.462. The fourth-order valence-electron chi connectivity index (χ4n) is 12.8. The van der Waals surface area contributed by atoms with Gasteiger partial charge in [0.15, 0.2) is 11.6 Å². The number of alkyl halides is 3. The number of pyridine rings is 2. The van der Waals surface area contributed by atoms with Crippen LogP contribution >= 0.6 is 0 Å². The summed E-state index contributed by atoms with van der Waals surface area (Å²) in [4.78, 5) is 113. The van der Waals surface area contributed by atoms with Crippen molar-refractivity contribution in [1.29, 1.82) is 0 Å². The average Bonchev–Trinajstić information content (AvgIpc) is 0.786. The SMILES string of the molecule is COC(=O)C[C@H](CC(=O)CNC(=O)CCCN(C(=O)OC(C)(C)C)c1cc(C)ccn1)c1cccc(-c2ccc(OCCOCCOCCOCCOCCN=[N+]=[N-])c3ccccc23)c1.Cc1ccnc(CCCCC(=O)NCC(=O)C[C@@H](CC(=O)O)c2cccc(-c3ccc(OCCOCCOCCOCCOCCN=[N+]=[N-])c4ccccc34)c2)c1.O=CC(F)(F)F.[Li+].[OH-]. The number of hydrogen-bond acceptors (Lipinski definition) is 25. The van der Waals surface area contributed by atoms with Crippen LogP contribution in [0.1, 0.15) is 118 Å². The van der Waals surface area contributed by atoms with Crippen molar-refractivity contribution >= 4 is 75.1 Å². The van der Waals surface area contributed by atoms with Crippen molar-refractivity contribution in [2.45, 2.75) is 122 Å². The largest absolute Gasteiger partial charge is 1.00 e. The molecule has 0 bridgehead atoms. The van der Waals surface area contributed by atoms with E-state index in [0.29, 0.717) is 169 Å². The number of anilines is 1. The number of carboxylic acids is 1. The second-order valence-electron chi connectivity index (χ2n) is 30.0. The van der Waals surface area contributed by atoms with Gasteiger partial charge < -0.3 is 78.1 Å². The number of ether oxygens (including phenoxy) is 12. The Balaban J connectivity index is 0.000000508. The standard InChI is InChI=1S/C48H62N6O11.C43H53N5O9.C2HF3O.Li.H2O/c1-35-17-18-50-44(30-35)54(47(58)65-48(2,3)4)20-9-14-45(56)51-34-39(55)32-38(33-46(57)59-5)36-10-8-11-37(31-36)40-15-16-43(42-13-7-6-12-41(40)42)64-29-28-63-27-26-62-25-24-61-23-22-60-21-19-52-53-49;1-32-15-16-45-36(27-32)9-2-5-12-42(50)46-31-37(49)29-35(30-43(51)52)33-7-6-8-34(28-33)38-13-14-41(40-11-4-3-10-39(38)40)57-26-25-56-24-23-55-22-21-54-20-19-53-18-17-47-48-44;3-2(4,5)1-6;;/h6-8,10-13,15-18,30-31,38H,9,14,19-29,32-34H2,1-5H3,(H,51,56);3-4,6-8,10-11,13-16,27-28,35H,2,5,9,12,17-26,29-31H2,1H3,(H,46,50)(H,51,52);1H;;1H2/q;;;+1;/p-1/t38-;35-;;;/m00.../s1. The number of aliphatic carboxylic acids is 1. The van der Waals surface area contributed by atoms with E-state index in [9.17, 15) is 51.8 Å². The number of benzene rings is 6. The van der Waals surface area contributed by atoms with Crippen LogP contribution in [0.4, 0.5) is 23.8 Å². The number of nitrogens with one attached hydrogen (secondary N) is 2. The number of rotatable bonds is 58. The van der Waals surface area contributed by atoms with Crippen LogP contribution in [0.5, 0.6) is 11.5 Å². The number of nitrogens with zero attached hydrogens (tertiary/aromatic N) is 9. The zero-order valence-corrected chi connectivity index (χ0v) is 74.8. The van der Waals surface area contributed by atoms with Crippen molar-refractivity contribution in [3.63, 3.8) is 0 Å². The Bertz CT molecular complexity index is 4880. The van der Waals surface area contributed by atoms with Gasteiger partial charge in [0.1, 0.15) is 36.1 Å². The first-order chi connectivity index (χ1) is 61.8. The van der Waals surface area contributed by atoms with Crippen LogP contribution in [-0.4, -0.2) is 239 Å². The maximum Gasteiger partial charge on any atom is 1.00 e. The van der Waals surface area contributed by atoms with E-state index in [0.717, 1.165) is 84.6 Å². The van der Waals surface area contributed by atoms with Crippen molar-refractivity contribution < 1.29 is 138 Å². The van der Waals surface area contributed by atoms with Gasteiger partial charge in [-0.3, -0.25) is 43.4 Å². The molecule has 2 atom stereocenters. The Morgan fingerprint density at radius 2 is 0.915 bits per heavy atom. The van der Waals surface area contributed by atoms with Crippen LogP contribution in [0.25, 0.3) is 64.7 Å². The number of halogens is 3. The third kappa shape index (κ3) is 45.2. The number of amides is 3. The van der Waals surface area contributed by atoms with Gasteiger partial charge in [0.05, 0.1) is 139 Å². The first-order valence-electron chi connectivity index (χ1n) is 42.1. The minimum atomic E-state index is -4.64. The molecule has 0 fully saturated rings. The van der Waals surface area contributed by atoms with Gasteiger partial charge in [-0.15, -0.1) is 0 Å². The van der Waals surface area contributed by atoms with E-state index < -0.39 is 47.9 Å². The van der Waals surface area contributed by atoms with Gasteiger partial charge in [-0.25, -0.2) is 9.78 Å². The Morgan fingerprint density at radius 1 is 0.508 bits per heavy atom. The van der Waals surface area contributed by atoms with Crippen molar-refractivity contribution in [3.05, 3.63) is 207 Å². The number of carboxylic acid groups (broad SMARTS) is 1. The third-order valence-corrected chi connectivity index (χ3v) is 18.9. The number of unbranched alkanes of at least 4 members (excludes halogenated alkanes) is 1. The van der Waals surface area contributed by atoms with Gasteiger partial charge >= 0.3 is 43.1 Å². The Kier molecular flexibility index (Phi) is 54.2. The molecule has 3 amide bonds. The predicted octanol–water partition coefficient (Wildman–Crippen LogP) is 12.5. The van der Waals surface area contributed by atoms with E-state index in [-0.39, 0.29) is 99.5 Å². The predicted molar refractivity (Wildman–Crippen MR) is 476 cm³/mol. The Hall–Kier alpha value is -11.5. The molecular weight excluding hydrogens is 1690 g/mol. The third-order valence-electron chi connectivity index (χ3n) is 18.9. The molecule has 0 aliphatic heterocycles. The van der Waals surface area contributed by atoms with E-state index in [2.05, 4.69) is 40.7 Å². The zero-order chi connectivity index (χ0) is 92.6. The molecule has 698 valence electrons. The minimum absolute atomic E-state index is 0. The zero-order valence-electron chi connectivity index (χ0n) is 74.8. The van der Waals surface area contributed by atoms with Crippen LogP contribution in [0.2, 0.25) is 0 Å². The number of ketones is 2. The molecule has 0 spiro atoms. The quantitative estimate of drug-likeness (QED) is 0.00606. The number of fused-ring (bicyclic) bond motifs is 2. The molecule has 0 unspecified atom stereocenters. The minimum Gasteiger partial charge on any atom is -0.870 e. The summed E-state index contributed by atoms with van der Waals surface area (Å²) >= 11 is 0. The normalized spacial score (nSPS) is 11.4. The summed E-state index contributed by atoms with van der Waals surface area (Å²) in [6.45, 7) is 16.9. The van der Waals surface area contributed by atoms with Gasteiger partial charge in [-0.05, 0) is 163 Å². The van der Waals surface area contributed by atoms with Gasteiger partial charge in [-0.2, -0.15) is 13.2 Å². The monoisotopic (exact) mass is 1800 g/mol. The van der Waals surface area contributed by atoms with E-state index in [4.69, 9.17) is 72.7 Å². The Morgan fingerprint density at radius 3 is 1.32 bits per heavy atom. The second kappa shape index (κ2) is 63.5. The summed E-state index contributed by atoms with van der Waals surface area (Å²) in [6.07, 6.45) is -0.178. The number of hydrogen-bond donors (Lipinski definition) is 3. The van der Waals surface area contributed by atoms with Gasteiger partial charge in [0, 0.05) is 95.8 Å². The molecule has 0 aliphatic carbocycles. The molecule has 130 heavy (non-hydrogen) atoms. The molecule has 8 rings (SSSR count). The maximum atomic E-state index is 13.4. The smallest absolute Gasteiger partial charge is 0.870 e. The van der Waals surface area contributed by atoms with Crippen molar-refractivity contribution in [2.75, 3.05) is 164 Å². The second-order valence-corrected chi connectivity index (χ2v) is 30.0. The molecule has 33 nitrogen and oxygen atoms in total.